The molecule has 1 nitrogen and oxygen atoms in total. The predicted molar refractivity (Wildman–Crippen MR) is 106 cm³/mol. The van der Waals surface area contributed by atoms with Crippen LogP contribution < -0.4 is 10.4 Å². The number of alkyl halides is 1. The molecule has 2 rings (SSSR count). The Labute approximate surface area is 149 Å². The third-order valence-electron chi connectivity index (χ3n) is 4.62. The van der Waals surface area contributed by atoms with E-state index in [-0.39, 0.29) is 0 Å². The monoisotopic (exact) mass is 388 g/mol. The Morgan fingerprint density at radius 2 is 1.48 bits per heavy atom. The molecule has 0 aliphatic rings. The van der Waals surface area contributed by atoms with Crippen LogP contribution in [0.5, 0.6) is 0 Å². The van der Waals surface area contributed by atoms with Gasteiger partial charge >= 0.3 is 0 Å². The number of carbonyl (C=O) groups excluding carboxylic acids is 1. The van der Waals surface area contributed by atoms with Crippen molar-refractivity contribution in [2.24, 2.45) is 5.92 Å². The first-order valence-electron chi connectivity index (χ1n) is 8.29. The molecule has 0 amide bonds. The van der Waals surface area contributed by atoms with Gasteiger partial charge in [0.05, 0.1) is 0 Å². The lowest BCUT2D eigenvalue weighted by molar-refractivity contribution is -0.113. The Kier molecular flexibility index (Phi) is 6.79. The average molecular weight is 389 g/mol. The minimum atomic E-state index is -2.36. The van der Waals surface area contributed by atoms with Crippen LogP contribution in [0.2, 0.25) is 6.55 Å². The summed E-state index contributed by atoms with van der Waals surface area (Å²) in [7, 11) is -2.36. The second-order valence-electron chi connectivity index (χ2n) is 6.42. The number of benzene rings is 2. The van der Waals surface area contributed by atoms with Crippen molar-refractivity contribution in [2.45, 2.75) is 32.7 Å². The maximum atomic E-state index is 13.3. The van der Waals surface area contributed by atoms with E-state index in [4.69, 9.17) is 0 Å². The van der Waals surface area contributed by atoms with Crippen molar-refractivity contribution in [3.63, 3.8) is 0 Å². The lowest BCUT2D eigenvalue weighted by Crippen LogP contribution is -2.62. The van der Waals surface area contributed by atoms with E-state index in [1.807, 2.05) is 36.4 Å². The molecule has 0 N–H and O–H groups in total. The first-order valence-corrected chi connectivity index (χ1v) is 11.9. The molecule has 23 heavy (non-hydrogen) atoms. The number of rotatable bonds is 8. The Morgan fingerprint density at radius 3 is 1.91 bits per heavy atom. The molecule has 0 saturated heterocycles. The van der Waals surface area contributed by atoms with Gasteiger partial charge in [-0.05, 0) is 29.1 Å². The van der Waals surface area contributed by atoms with Crippen LogP contribution in [0.1, 0.15) is 26.2 Å². The fraction of sp³-hybridized carbons (Fsp3) is 0.350. The molecule has 0 heterocycles. The number of halogens is 1. The molecule has 2 aromatic carbocycles. The van der Waals surface area contributed by atoms with Gasteiger partial charge in [-0.2, -0.15) is 0 Å². The SMILES string of the molecule is CC(CCCBr)CC(=O)[Si](C)(c1ccccc1)c1ccccc1. The van der Waals surface area contributed by atoms with Crippen LogP contribution in [0.25, 0.3) is 0 Å². The maximum Gasteiger partial charge on any atom is 0.190 e. The maximum absolute atomic E-state index is 13.3. The van der Waals surface area contributed by atoms with Gasteiger partial charge in [-0.1, -0.05) is 90.1 Å². The van der Waals surface area contributed by atoms with E-state index in [2.05, 4.69) is 53.7 Å². The van der Waals surface area contributed by atoms with Gasteiger partial charge in [0.2, 0.25) is 0 Å². The summed E-state index contributed by atoms with van der Waals surface area (Å²) in [6, 6.07) is 20.7. The molecule has 3 heteroatoms. The van der Waals surface area contributed by atoms with Gasteiger partial charge in [-0.25, -0.2) is 0 Å². The molecular weight excluding hydrogens is 364 g/mol. The van der Waals surface area contributed by atoms with Crippen LogP contribution in [0.4, 0.5) is 0 Å². The Hall–Kier alpha value is -1.19. The topological polar surface area (TPSA) is 17.1 Å². The van der Waals surface area contributed by atoms with E-state index in [0.717, 1.165) is 18.2 Å². The highest BCUT2D eigenvalue weighted by Gasteiger charge is 2.39. The van der Waals surface area contributed by atoms with Crippen LogP contribution in [-0.4, -0.2) is 18.8 Å². The highest BCUT2D eigenvalue weighted by molar-refractivity contribution is 9.09. The number of hydrogen-bond donors (Lipinski definition) is 0. The van der Waals surface area contributed by atoms with Crippen molar-refractivity contribution >= 4 is 39.8 Å². The van der Waals surface area contributed by atoms with Crippen LogP contribution >= 0.6 is 15.9 Å². The van der Waals surface area contributed by atoms with Crippen LogP contribution in [0, 0.1) is 5.92 Å². The van der Waals surface area contributed by atoms with Gasteiger partial charge in [0.15, 0.2) is 8.07 Å². The van der Waals surface area contributed by atoms with Crippen molar-refractivity contribution < 1.29 is 4.79 Å². The van der Waals surface area contributed by atoms with Crippen molar-refractivity contribution in [3.8, 4) is 0 Å². The van der Waals surface area contributed by atoms with Crippen molar-refractivity contribution in [1.29, 1.82) is 0 Å². The average Bonchev–Trinajstić information content (AvgIpc) is 2.60. The van der Waals surface area contributed by atoms with Crippen molar-refractivity contribution in [2.75, 3.05) is 5.33 Å². The smallest absolute Gasteiger partial charge is 0.190 e. The van der Waals surface area contributed by atoms with Gasteiger partial charge in [0, 0.05) is 11.8 Å². The summed E-state index contributed by atoms with van der Waals surface area (Å²) in [5.74, 6) is 0.444. The van der Waals surface area contributed by atoms with Crippen molar-refractivity contribution in [3.05, 3.63) is 60.7 Å². The van der Waals surface area contributed by atoms with E-state index in [9.17, 15) is 4.79 Å². The third-order valence-corrected chi connectivity index (χ3v) is 9.48. The molecule has 0 aromatic heterocycles. The van der Waals surface area contributed by atoms with Gasteiger partial charge in [0.25, 0.3) is 0 Å². The molecule has 2 aromatic rings. The zero-order valence-corrected chi connectivity index (χ0v) is 16.6. The van der Waals surface area contributed by atoms with Crippen molar-refractivity contribution in [1.82, 2.24) is 0 Å². The molecule has 0 aliphatic heterocycles. The standard InChI is InChI=1S/C20H25BrOSi/c1-17(10-9-15-21)16-20(22)23(2,18-11-5-3-6-12-18)19-13-7-4-8-14-19/h3-8,11-14,17H,9-10,15-16H2,1-2H3. The lowest BCUT2D eigenvalue weighted by atomic mass is 10.0. The first kappa shape index (κ1) is 18.1. The van der Waals surface area contributed by atoms with Gasteiger partial charge < -0.3 is 4.79 Å². The molecule has 0 bridgehead atoms. The zero-order chi connectivity index (χ0) is 16.7. The molecule has 0 aliphatic carbocycles. The van der Waals surface area contributed by atoms with Crippen LogP contribution in [0.3, 0.4) is 0 Å². The fourth-order valence-corrected chi connectivity index (χ4v) is 6.86. The summed E-state index contributed by atoms with van der Waals surface area (Å²) >= 11 is 3.48. The minimum absolute atomic E-state index is 0.442. The van der Waals surface area contributed by atoms with E-state index >= 15 is 0 Å². The molecule has 1 unspecified atom stereocenters. The molecule has 0 spiro atoms. The quantitative estimate of drug-likeness (QED) is 0.489. The van der Waals surface area contributed by atoms with Gasteiger partial charge in [-0.3, -0.25) is 0 Å². The summed E-state index contributed by atoms with van der Waals surface area (Å²) in [6.07, 6.45) is 2.91. The fourth-order valence-electron chi connectivity index (χ4n) is 3.08. The highest BCUT2D eigenvalue weighted by Crippen LogP contribution is 2.17. The Bertz CT molecular complexity index is 573. The summed E-state index contributed by atoms with van der Waals surface area (Å²) in [4.78, 5) is 13.3. The van der Waals surface area contributed by atoms with Crippen LogP contribution in [0.15, 0.2) is 60.7 Å². The number of carbonyl (C=O) groups is 1. The number of hydrogen-bond acceptors (Lipinski definition) is 1. The van der Waals surface area contributed by atoms with E-state index in [1.54, 1.807) is 0 Å². The van der Waals surface area contributed by atoms with Gasteiger partial charge in [0.1, 0.15) is 5.41 Å². The zero-order valence-electron chi connectivity index (χ0n) is 14.0. The largest absolute Gasteiger partial charge is 0.305 e. The lowest BCUT2D eigenvalue weighted by Gasteiger charge is -2.28. The summed E-state index contributed by atoms with van der Waals surface area (Å²) in [6.45, 7) is 4.41. The predicted octanol–water partition coefficient (Wildman–Crippen LogP) is 4.19. The summed E-state index contributed by atoms with van der Waals surface area (Å²) in [5.41, 5.74) is 0. The van der Waals surface area contributed by atoms with Crippen LogP contribution in [-0.2, 0) is 4.79 Å². The molecule has 0 fully saturated rings. The minimum Gasteiger partial charge on any atom is -0.305 e. The van der Waals surface area contributed by atoms with E-state index < -0.39 is 8.07 Å². The molecule has 0 radical (unpaired) electrons. The molecular formula is C20H25BrOSi. The normalized spacial score (nSPS) is 12.8. The highest BCUT2D eigenvalue weighted by atomic mass is 79.9. The van der Waals surface area contributed by atoms with Gasteiger partial charge in [-0.15, -0.1) is 0 Å². The van der Waals surface area contributed by atoms with E-state index in [0.29, 0.717) is 17.7 Å². The summed E-state index contributed by atoms with van der Waals surface area (Å²) in [5, 5.41) is 3.88. The molecule has 0 saturated carbocycles. The summed E-state index contributed by atoms with van der Waals surface area (Å²) < 4.78 is 0. The first-order chi connectivity index (χ1) is 11.1. The Balaban J connectivity index is 2.33. The van der Waals surface area contributed by atoms with E-state index in [1.165, 1.54) is 10.4 Å². The Morgan fingerprint density at radius 1 is 1.00 bits per heavy atom. The third kappa shape index (κ3) is 4.42. The second kappa shape index (κ2) is 8.60. The molecule has 1 atom stereocenters. The molecule has 122 valence electrons. The second-order valence-corrected chi connectivity index (χ2v) is 11.2.